The molecule has 0 saturated heterocycles. The van der Waals surface area contributed by atoms with Crippen LogP contribution in [0.2, 0.25) is 0 Å². The van der Waals surface area contributed by atoms with Gasteiger partial charge in [0.15, 0.2) is 5.96 Å². The van der Waals surface area contributed by atoms with Crippen molar-refractivity contribution in [3.63, 3.8) is 0 Å². The molecular weight excluding hydrogens is 349 g/mol. The summed E-state index contributed by atoms with van der Waals surface area (Å²) in [5.74, 6) is 0.539. The largest absolute Gasteiger partial charge is 0.370 e. The zero-order valence-electron chi connectivity index (χ0n) is 12.4. The Kier molecular flexibility index (Phi) is 8.06. The summed E-state index contributed by atoms with van der Waals surface area (Å²) in [7, 11) is 0. The molecule has 0 amide bonds. The summed E-state index contributed by atoms with van der Waals surface area (Å²) >= 11 is 0. The van der Waals surface area contributed by atoms with Crippen molar-refractivity contribution in [3.8, 4) is 0 Å². The van der Waals surface area contributed by atoms with Crippen molar-refractivity contribution in [2.75, 3.05) is 13.1 Å². The van der Waals surface area contributed by atoms with Crippen LogP contribution in [0.5, 0.6) is 0 Å². The fraction of sp³-hybridized carbons (Fsp3) is 0.533. The van der Waals surface area contributed by atoms with Crippen molar-refractivity contribution in [3.05, 3.63) is 35.4 Å². The molecule has 1 aromatic rings. The minimum atomic E-state index is 0. The minimum absolute atomic E-state index is 0. The maximum atomic E-state index is 5.81. The van der Waals surface area contributed by atoms with Crippen LogP contribution in [0.25, 0.3) is 0 Å². The molecule has 0 aliphatic rings. The van der Waals surface area contributed by atoms with E-state index in [1.807, 2.05) is 0 Å². The van der Waals surface area contributed by atoms with Crippen molar-refractivity contribution in [1.29, 1.82) is 0 Å². The van der Waals surface area contributed by atoms with Gasteiger partial charge >= 0.3 is 0 Å². The van der Waals surface area contributed by atoms with Gasteiger partial charge in [-0.2, -0.15) is 0 Å². The van der Waals surface area contributed by atoms with Gasteiger partial charge in [0.2, 0.25) is 0 Å². The lowest BCUT2D eigenvalue weighted by Gasteiger charge is -2.23. The topological polar surface area (TPSA) is 50.4 Å². The second kappa shape index (κ2) is 8.40. The van der Waals surface area contributed by atoms with Gasteiger partial charge in [-0.1, -0.05) is 50.6 Å². The normalized spacial score (nSPS) is 11.9. The van der Waals surface area contributed by atoms with Gasteiger partial charge in [-0.15, -0.1) is 24.0 Å². The molecule has 0 atom stereocenters. The van der Waals surface area contributed by atoms with Gasteiger partial charge in [-0.05, 0) is 18.9 Å². The van der Waals surface area contributed by atoms with Gasteiger partial charge in [-0.25, -0.2) is 0 Å². The molecule has 19 heavy (non-hydrogen) atoms. The number of benzene rings is 1. The van der Waals surface area contributed by atoms with E-state index in [4.69, 9.17) is 5.73 Å². The van der Waals surface area contributed by atoms with Gasteiger partial charge < -0.3 is 11.1 Å². The summed E-state index contributed by atoms with van der Waals surface area (Å²) in [6, 6.07) is 8.57. The number of halogens is 1. The first kappa shape index (κ1) is 18.2. The third-order valence-corrected chi connectivity index (χ3v) is 3.00. The number of nitrogens with two attached hydrogens (primary N) is 1. The summed E-state index contributed by atoms with van der Waals surface area (Å²) in [5, 5.41) is 3.10. The third kappa shape index (κ3) is 6.27. The Balaban J connectivity index is 0.00000324. The molecule has 0 aliphatic heterocycles. The lowest BCUT2D eigenvalue weighted by Crippen LogP contribution is -2.34. The number of nitrogens with one attached hydrogen (secondary N) is 1. The smallest absolute Gasteiger partial charge is 0.188 e. The predicted octanol–water partition coefficient (Wildman–Crippen LogP) is 3.20. The highest BCUT2D eigenvalue weighted by Gasteiger charge is 2.20. The molecule has 4 heteroatoms. The maximum Gasteiger partial charge on any atom is 0.188 e. The van der Waals surface area contributed by atoms with Gasteiger partial charge in [0, 0.05) is 12.0 Å². The second-order valence-corrected chi connectivity index (χ2v) is 5.38. The monoisotopic (exact) mass is 375 g/mol. The van der Waals surface area contributed by atoms with Crippen LogP contribution in [0, 0.1) is 6.92 Å². The Morgan fingerprint density at radius 2 is 2.05 bits per heavy atom. The van der Waals surface area contributed by atoms with E-state index in [0.717, 1.165) is 13.0 Å². The van der Waals surface area contributed by atoms with E-state index in [0.29, 0.717) is 12.5 Å². The highest BCUT2D eigenvalue weighted by Crippen LogP contribution is 2.24. The van der Waals surface area contributed by atoms with Gasteiger partial charge in [-0.3, -0.25) is 4.99 Å². The molecule has 108 valence electrons. The zero-order chi connectivity index (χ0) is 13.6. The molecule has 0 aromatic heterocycles. The molecule has 0 heterocycles. The highest BCUT2D eigenvalue weighted by molar-refractivity contribution is 14.0. The second-order valence-electron chi connectivity index (χ2n) is 5.38. The van der Waals surface area contributed by atoms with E-state index in [9.17, 15) is 0 Å². The summed E-state index contributed by atoms with van der Waals surface area (Å²) < 4.78 is 0. The molecule has 0 aliphatic carbocycles. The molecule has 0 saturated carbocycles. The average Bonchev–Trinajstić information content (AvgIpc) is 2.34. The van der Waals surface area contributed by atoms with Crippen LogP contribution in [0.3, 0.4) is 0 Å². The highest BCUT2D eigenvalue weighted by atomic mass is 127. The SMILES string of the molecule is CCCNC(N)=NCC(C)(C)c1cccc(C)c1.I. The number of guanidine groups is 1. The zero-order valence-corrected chi connectivity index (χ0v) is 14.7. The number of aliphatic imine (C=N–C) groups is 1. The first-order valence-corrected chi connectivity index (χ1v) is 6.56. The van der Waals surface area contributed by atoms with Gasteiger partial charge in [0.25, 0.3) is 0 Å². The molecular formula is C15H26IN3. The van der Waals surface area contributed by atoms with E-state index in [-0.39, 0.29) is 29.4 Å². The number of nitrogens with zero attached hydrogens (tertiary/aromatic N) is 1. The Morgan fingerprint density at radius 1 is 1.37 bits per heavy atom. The number of hydrogen-bond donors (Lipinski definition) is 2. The molecule has 3 N–H and O–H groups in total. The van der Waals surface area contributed by atoms with Crippen LogP contribution in [0.4, 0.5) is 0 Å². The fourth-order valence-corrected chi connectivity index (χ4v) is 1.75. The fourth-order valence-electron chi connectivity index (χ4n) is 1.75. The maximum absolute atomic E-state index is 5.81. The Labute approximate surface area is 134 Å². The molecule has 0 bridgehead atoms. The van der Waals surface area contributed by atoms with Gasteiger partial charge in [0.05, 0.1) is 6.54 Å². The standard InChI is InChI=1S/C15H25N3.HI/c1-5-9-17-14(16)18-11-15(3,4)13-8-6-7-12(2)10-13;/h6-8,10H,5,9,11H2,1-4H3,(H3,16,17,18);1H. The summed E-state index contributed by atoms with van der Waals surface area (Å²) in [4.78, 5) is 4.42. The van der Waals surface area contributed by atoms with Crippen molar-refractivity contribution in [2.24, 2.45) is 10.7 Å². The molecule has 1 aromatic carbocycles. The summed E-state index contributed by atoms with van der Waals surface area (Å²) in [6.07, 6.45) is 1.05. The quantitative estimate of drug-likeness (QED) is 0.472. The van der Waals surface area contributed by atoms with Crippen LogP contribution < -0.4 is 11.1 Å². The average molecular weight is 375 g/mol. The Bertz CT molecular complexity index is 414. The van der Waals surface area contributed by atoms with Crippen LogP contribution in [-0.4, -0.2) is 19.0 Å². The Morgan fingerprint density at radius 3 is 2.63 bits per heavy atom. The van der Waals surface area contributed by atoms with Crippen LogP contribution in [-0.2, 0) is 5.41 Å². The van der Waals surface area contributed by atoms with Crippen LogP contribution in [0.15, 0.2) is 29.3 Å². The summed E-state index contributed by atoms with van der Waals surface area (Å²) in [5.41, 5.74) is 8.40. The number of rotatable bonds is 5. The molecule has 0 fully saturated rings. The van der Waals surface area contributed by atoms with E-state index >= 15 is 0 Å². The van der Waals surface area contributed by atoms with E-state index in [2.05, 4.69) is 62.3 Å². The number of hydrogen-bond acceptors (Lipinski definition) is 1. The van der Waals surface area contributed by atoms with Crippen molar-refractivity contribution in [1.82, 2.24) is 5.32 Å². The van der Waals surface area contributed by atoms with E-state index in [1.165, 1.54) is 11.1 Å². The van der Waals surface area contributed by atoms with Crippen molar-refractivity contribution < 1.29 is 0 Å². The van der Waals surface area contributed by atoms with Crippen LogP contribution in [0.1, 0.15) is 38.3 Å². The first-order chi connectivity index (χ1) is 8.45. The lowest BCUT2D eigenvalue weighted by atomic mass is 9.84. The predicted molar refractivity (Wildman–Crippen MR) is 94.4 cm³/mol. The molecule has 0 unspecified atom stereocenters. The van der Waals surface area contributed by atoms with E-state index in [1.54, 1.807) is 0 Å². The van der Waals surface area contributed by atoms with E-state index < -0.39 is 0 Å². The Hall–Kier alpha value is -0.780. The summed E-state index contributed by atoms with van der Waals surface area (Å²) in [6.45, 7) is 10.2. The van der Waals surface area contributed by atoms with Crippen molar-refractivity contribution >= 4 is 29.9 Å². The van der Waals surface area contributed by atoms with Gasteiger partial charge in [0.1, 0.15) is 0 Å². The molecule has 0 spiro atoms. The lowest BCUT2D eigenvalue weighted by molar-refractivity contribution is 0.538. The molecule has 0 radical (unpaired) electrons. The number of aryl methyl sites for hydroxylation is 1. The molecule has 1 rings (SSSR count). The van der Waals surface area contributed by atoms with Crippen LogP contribution >= 0.6 is 24.0 Å². The minimum Gasteiger partial charge on any atom is -0.370 e. The third-order valence-electron chi connectivity index (χ3n) is 3.00. The molecule has 3 nitrogen and oxygen atoms in total. The first-order valence-electron chi connectivity index (χ1n) is 6.56. The van der Waals surface area contributed by atoms with Crippen molar-refractivity contribution in [2.45, 2.75) is 39.5 Å².